The number of halogens is 15. The molecule has 44 heavy (non-hydrogen) atoms. The zero-order valence-electron chi connectivity index (χ0n) is 20.1. The molecule has 0 aliphatic rings. The van der Waals surface area contributed by atoms with Gasteiger partial charge >= 0.3 is 42.3 Å². The number of alkyl halides is 10. The van der Waals surface area contributed by atoms with Crippen molar-refractivity contribution in [1.29, 1.82) is 0 Å². The fourth-order valence-corrected chi connectivity index (χ4v) is 3.56. The lowest BCUT2D eigenvalue weighted by Gasteiger charge is -2.24. The van der Waals surface area contributed by atoms with E-state index in [4.69, 9.17) is 0 Å². The Labute approximate surface area is 254 Å². The van der Waals surface area contributed by atoms with Crippen LogP contribution in [0.25, 0.3) is 6.08 Å². The first-order valence-corrected chi connectivity index (χ1v) is 14.3. The molecule has 248 valence electrons. The van der Waals surface area contributed by atoms with Crippen molar-refractivity contribution < 1.29 is 87.1 Å². The van der Waals surface area contributed by atoms with Crippen molar-refractivity contribution in [2.24, 2.45) is 0 Å². The number of benzene rings is 2. The first kappa shape index (κ1) is 39.3. The molecule has 24 heteroatoms. The minimum absolute atomic E-state index is 0.0615. The van der Waals surface area contributed by atoms with E-state index in [1.807, 2.05) is 0 Å². The van der Waals surface area contributed by atoms with Crippen LogP contribution in [0.5, 0.6) is 17.2 Å². The lowest BCUT2D eigenvalue weighted by atomic mass is 10.2. The summed E-state index contributed by atoms with van der Waals surface area (Å²) in [5.74, 6) is -3.66. The predicted octanol–water partition coefficient (Wildman–Crippen LogP) is 8.67. The third-order valence-electron chi connectivity index (χ3n) is 3.98. The van der Waals surface area contributed by atoms with Gasteiger partial charge in [0.2, 0.25) is 0 Å². The normalized spacial score (nSPS) is 12.9. The molecule has 2 aromatic rings. The van der Waals surface area contributed by atoms with Crippen LogP contribution >= 0.6 is 31.9 Å². The van der Waals surface area contributed by atoms with Crippen molar-refractivity contribution in [3.63, 3.8) is 0 Å². The van der Waals surface area contributed by atoms with E-state index in [1.165, 1.54) is 31.9 Å². The van der Waals surface area contributed by atoms with Crippen molar-refractivity contribution in [2.75, 3.05) is 0 Å². The second-order valence-electron chi connectivity index (χ2n) is 7.38. The van der Waals surface area contributed by atoms with Crippen LogP contribution in [0, 0.1) is 0 Å². The molecule has 0 unspecified atom stereocenters. The third-order valence-corrected chi connectivity index (χ3v) is 6.50. The summed E-state index contributed by atoms with van der Waals surface area (Å²) in [5, 5.41) is 0. The molecular formula is C20H9Br2F13O7S2. The summed E-state index contributed by atoms with van der Waals surface area (Å²) in [7, 11) is -10.9. The molecule has 0 saturated carbocycles. The Morgan fingerprint density at radius 1 is 0.659 bits per heavy atom. The van der Waals surface area contributed by atoms with Gasteiger partial charge in [0, 0.05) is 62.2 Å². The van der Waals surface area contributed by atoms with Gasteiger partial charge in [-0.3, -0.25) is 0 Å². The van der Waals surface area contributed by atoms with Crippen molar-refractivity contribution in [2.45, 2.75) is 31.7 Å². The Kier molecular flexibility index (Phi) is 12.3. The standard InChI is InChI=1S/C10H3Br2F9O4S.C10H6F4O3S/c11-7(13,14)9(17,18)24-4-1-5(3-6(2-4)26(21,22)23)25-10(19,20)8(12,15)16;1-6(11)17-8-2-7(4-10(12)13)3-9(5-8)18(14,15)16/h1-3H;2-5H,1H2. The molecule has 0 radical (unpaired) electrons. The topological polar surface area (TPSA) is 96.0 Å². The number of hydrogen-bond donors (Lipinski definition) is 0. The predicted molar refractivity (Wildman–Crippen MR) is 129 cm³/mol. The summed E-state index contributed by atoms with van der Waals surface area (Å²) < 4.78 is 219. The van der Waals surface area contributed by atoms with Crippen LogP contribution in [0.3, 0.4) is 0 Å². The monoisotopic (exact) mass is 830 g/mol. The van der Waals surface area contributed by atoms with Gasteiger partial charge in [0.15, 0.2) is 0 Å². The molecule has 7 nitrogen and oxygen atoms in total. The highest BCUT2D eigenvalue weighted by Crippen LogP contribution is 2.44. The molecule has 0 aliphatic carbocycles. The Morgan fingerprint density at radius 3 is 1.34 bits per heavy atom. The quantitative estimate of drug-likeness (QED) is 0.0969. The lowest BCUT2D eigenvalue weighted by Crippen LogP contribution is -2.41. The molecule has 0 fully saturated rings. The molecule has 0 bridgehead atoms. The van der Waals surface area contributed by atoms with Crippen LogP contribution in [0.4, 0.5) is 56.1 Å². The van der Waals surface area contributed by atoms with Gasteiger partial charge < -0.3 is 14.2 Å². The van der Waals surface area contributed by atoms with E-state index in [9.17, 15) is 72.9 Å². The van der Waals surface area contributed by atoms with Crippen LogP contribution in [0.2, 0.25) is 0 Å². The summed E-state index contributed by atoms with van der Waals surface area (Å²) >= 11 is 2.50. The molecular weight excluding hydrogens is 823 g/mol. The van der Waals surface area contributed by atoms with Gasteiger partial charge in [-0.2, -0.15) is 65.1 Å². The molecule has 0 saturated heterocycles. The summed E-state index contributed by atoms with van der Waals surface area (Å²) in [6.45, 7) is 2.74. The maximum Gasteiger partial charge on any atom is 0.475 e. The van der Waals surface area contributed by atoms with E-state index >= 15 is 0 Å². The molecule has 0 heterocycles. The molecule has 0 aliphatic heterocycles. The van der Waals surface area contributed by atoms with E-state index in [1.54, 1.807) is 0 Å². The Balaban J connectivity index is 0.000000470. The Bertz CT molecular complexity index is 1570. The van der Waals surface area contributed by atoms with Gasteiger partial charge in [-0.25, -0.2) is 0 Å². The molecule has 0 amide bonds. The van der Waals surface area contributed by atoms with Crippen molar-refractivity contribution >= 4 is 58.4 Å². The highest BCUT2D eigenvalue weighted by molar-refractivity contribution is 9.10. The van der Waals surface area contributed by atoms with E-state index in [0.29, 0.717) is 12.1 Å². The lowest BCUT2D eigenvalue weighted by molar-refractivity contribution is -0.268. The first-order chi connectivity index (χ1) is 19.4. The summed E-state index contributed by atoms with van der Waals surface area (Å²) in [4.78, 5) is -12.6. The summed E-state index contributed by atoms with van der Waals surface area (Å²) in [6.07, 6.45) is -12.6. The molecule has 2 aromatic carbocycles. The van der Waals surface area contributed by atoms with E-state index in [-0.39, 0.29) is 29.8 Å². The Hall–Kier alpha value is -2.73. The van der Waals surface area contributed by atoms with Gasteiger partial charge in [-0.1, -0.05) is 0 Å². The highest BCUT2D eigenvalue weighted by atomic mass is 79.9. The van der Waals surface area contributed by atoms with Crippen LogP contribution in [0.15, 0.2) is 64.9 Å². The fraction of sp³-hybridized carbons (Fsp3) is 0.200. The van der Waals surface area contributed by atoms with Crippen molar-refractivity contribution in [1.82, 2.24) is 0 Å². The second-order valence-corrected chi connectivity index (χ2v) is 12.1. The van der Waals surface area contributed by atoms with Crippen molar-refractivity contribution in [3.8, 4) is 17.2 Å². The van der Waals surface area contributed by atoms with Gasteiger partial charge in [-0.15, -0.1) is 7.77 Å². The van der Waals surface area contributed by atoms with Gasteiger partial charge in [0.1, 0.15) is 27.0 Å². The van der Waals surface area contributed by atoms with Crippen LogP contribution in [-0.4, -0.2) is 38.7 Å². The third kappa shape index (κ3) is 12.0. The average molecular weight is 832 g/mol. The molecule has 0 spiro atoms. The molecule has 2 rings (SSSR count). The molecule has 0 atom stereocenters. The van der Waals surface area contributed by atoms with Crippen LogP contribution < -0.4 is 14.2 Å². The number of hydrogen-bond acceptors (Lipinski definition) is 7. The molecule has 0 N–H and O–H groups in total. The second kappa shape index (κ2) is 13.7. The van der Waals surface area contributed by atoms with E-state index in [0.717, 1.165) is 6.07 Å². The first-order valence-electron chi connectivity index (χ1n) is 9.96. The van der Waals surface area contributed by atoms with Crippen molar-refractivity contribution in [3.05, 3.63) is 60.6 Å². The highest BCUT2D eigenvalue weighted by Gasteiger charge is 2.59. The van der Waals surface area contributed by atoms with Gasteiger partial charge in [0.25, 0.3) is 12.1 Å². The van der Waals surface area contributed by atoms with Crippen LogP contribution in [0.1, 0.15) is 5.56 Å². The summed E-state index contributed by atoms with van der Waals surface area (Å²) in [5.41, 5.74) is -0.357. The Morgan fingerprint density at radius 2 is 1.02 bits per heavy atom. The maximum absolute atomic E-state index is 13.1. The minimum atomic E-state index is -5.78. The van der Waals surface area contributed by atoms with Gasteiger partial charge in [-0.05, 0) is 24.3 Å². The maximum atomic E-state index is 13.1. The zero-order valence-corrected chi connectivity index (χ0v) is 24.9. The van der Waals surface area contributed by atoms with Gasteiger partial charge in [0.05, 0.1) is 0 Å². The van der Waals surface area contributed by atoms with E-state index in [2.05, 4.69) is 20.8 Å². The number of ether oxygens (including phenoxy) is 3. The summed E-state index contributed by atoms with van der Waals surface area (Å²) in [6, 6.07) is 0.681. The SMILES string of the molecule is C=C(F)Oc1cc(C=C(F)F)cc(S(=O)(=O)F)c1.O=S(=O)(F)c1cc(OC(F)(F)C(F)(F)Br)cc(OC(F)(F)C(F)(F)Br)c1. The number of rotatable bonds is 11. The van der Waals surface area contributed by atoms with E-state index < -0.39 is 81.5 Å². The zero-order chi connectivity index (χ0) is 34.7. The smallest absolute Gasteiger partial charge is 0.432 e. The average Bonchev–Trinajstić information content (AvgIpc) is 2.75. The minimum Gasteiger partial charge on any atom is -0.432 e. The van der Waals surface area contributed by atoms with Crippen LogP contribution in [-0.2, 0) is 20.4 Å². The molecule has 0 aromatic heterocycles. The largest absolute Gasteiger partial charge is 0.475 e. The fourth-order valence-electron chi connectivity index (χ4n) is 2.35.